The maximum absolute atomic E-state index is 12.3. The Morgan fingerprint density at radius 1 is 1.30 bits per heavy atom. The van der Waals surface area contributed by atoms with Crippen molar-refractivity contribution >= 4 is 0 Å². The fourth-order valence-corrected chi connectivity index (χ4v) is 1.39. The molecular formula is C14H22F3NO2. The lowest BCUT2D eigenvalue weighted by Crippen LogP contribution is -2.16. The van der Waals surface area contributed by atoms with Gasteiger partial charge in [0.05, 0.1) is 18.9 Å². The lowest BCUT2D eigenvalue weighted by atomic mass is 10.1. The Balaban J connectivity index is 0.000000521. The molecule has 0 saturated heterocycles. The number of hydrogen-bond donors (Lipinski definition) is 1. The van der Waals surface area contributed by atoms with Crippen LogP contribution in [0.15, 0.2) is 12.1 Å². The minimum absolute atomic E-state index is 0.180. The normalized spacial score (nSPS) is 13.3. The van der Waals surface area contributed by atoms with Crippen LogP contribution in [-0.4, -0.2) is 23.3 Å². The maximum Gasteiger partial charge on any atom is 0.433 e. The van der Waals surface area contributed by atoms with Crippen molar-refractivity contribution in [2.24, 2.45) is 0 Å². The number of hydrogen-bond acceptors (Lipinski definition) is 3. The van der Waals surface area contributed by atoms with E-state index in [-0.39, 0.29) is 6.61 Å². The number of nitrogens with zero attached hydrogens (tertiary/aromatic N) is 1. The summed E-state index contributed by atoms with van der Waals surface area (Å²) < 4.78 is 41.8. The topological polar surface area (TPSA) is 42.4 Å². The average molecular weight is 293 g/mol. The number of rotatable bonds is 1. The minimum atomic E-state index is -4.37. The molecule has 0 aromatic carbocycles. The molecule has 2 rings (SSSR count). The first-order valence-electron chi connectivity index (χ1n) is 6.73. The number of aliphatic hydroxyl groups excluding tert-OH is 1. The molecule has 6 heteroatoms. The van der Waals surface area contributed by atoms with Crippen LogP contribution in [-0.2, 0) is 23.9 Å². The predicted octanol–water partition coefficient (Wildman–Crippen LogP) is 3.59. The first-order chi connectivity index (χ1) is 9.49. The average Bonchev–Trinajstić information content (AvgIpc) is 2.48. The second-order valence-corrected chi connectivity index (χ2v) is 3.83. The second kappa shape index (κ2) is 9.72. The molecule has 1 aliphatic heterocycles. The molecular weight excluding hydrogens is 271 g/mol. The summed E-state index contributed by atoms with van der Waals surface area (Å²) in [5.41, 5.74) is 0.414. The summed E-state index contributed by atoms with van der Waals surface area (Å²) in [6.07, 6.45) is -2.85. The highest BCUT2D eigenvalue weighted by atomic mass is 19.4. The van der Waals surface area contributed by atoms with Crippen LogP contribution in [0, 0.1) is 0 Å². The third-order valence-corrected chi connectivity index (χ3v) is 2.34. The van der Waals surface area contributed by atoms with E-state index in [1.165, 1.54) is 6.07 Å². The van der Waals surface area contributed by atoms with Gasteiger partial charge >= 0.3 is 6.18 Å². The van der Waals surface area contributed by atoms with Gasteiger partial charge in [-0.15, -0.1) is 0 Å². The minimum Gasteiger partial charge on any atom is -0.396 e. The van der Waals surface area contributed by atoms with Crippen molar-refractivity contribution in [1.29, 1.82) is 0 Å². The van der Waals surface area contributed by atoms with E-state index in [0.717, 1.165) is 18.1 Å². The van der Waals surface area contributed by atoms with Gasteiger partial charge in [-0.2, -0.15) is 13.2 Å². The molecule has 0 fully saturated rings. The van der Waals surface area contributed by atoms with Gasteiger partial charge in [0.25, 0.3) is 0 Å². The van der Waals surface area contributed by atoms with Crippen LogP contribution >= 0.6 is 0 Å². The van der Waals surface area contributed by atoms with Crippen molar-refractivity contribution in [3.05, 3.63) is 29.1 Å². The van der Waals surface area contributed by atoms with Gasteiger partial charge in [0.2, 0.25) is 0 Å². The van der Waals surface area contributed by atoms with Crippen LogP contribution in [0.5, 0.6) is 0 Å². The SMILES string of the molecule is CC.CCCO.FC(F)(F)c1ccc2c(n1)COCC2. The third-order valence-electron chi connectivity index (χ3n) is 2.34. The van der Waals surface area contributed by atoms with E-state index in [2.05, 4.69) is 4.98 Å². The van der Waals surface area contributed by atoms with Crippen molar-refractivity contribution in [3.8, 4) is 0 Å². The Hall–Kier alpha value is -1.14. The van der Waals surface area contributed by atoms with Gasteiger partial charge in [-0.1, -0.05) is 26.8 Å². The van der Waals surface area contributed by atoms with Crippen molar-refractivity contribution < 1.29 is 23.0 Å². The predicted molar refractivity (Wildman–Crippen MR) is 71.3 cm³/mol. The van der Waals surface area contributed by atoms with Crippen molar-refractivity contribution in [1.82, 2.24) is 4.98 Å². The number of aliphatic hydroxyl groups is 1. The van der Waals surface area contributed by atoms with Crippen LogP contribution in [0.4, 0.5) is 13.2 Å². The number of aromatic nitrogens is 1. The summed E-state index contributed by atoms with van der Waals surface area (Å²) in [6.45, 7) is 6.99. The molecule has 1 aromatic heterocycles. The smallest absolute Gasteiger partial charge is 0.396 e. The van der Waals surface area contributed by atoms with Crippen molar-refractivity contribution in [2.75, 3.05) is 13.2 Å². The number of pyridine rings is 1. The molecule has 0 spiro atoms. The highest BCUT2D eigenvalue weighted by molar-refractivity contribution is 5.25. The molecule has 0 unspecified atom stereocenters. The van der Waals surface area contributed by atoms with Gasteiger partial charge in [0, 0.05) is 6.61 Å². The molecule has 0 amide bonds. The molecule has 116 valence electrons. The van der Waals surface area contributed by atoms with Gasteiger partial charge in [-0.3, -0.25) is 0 Å². The summed E-state index contributed by atoms with van der Waals surface area (Å²) in [5.74, 6) is 0. The molecule has 1 N–H and O–H groups in total. The van der Waals surface area contributed by atoms with Gasteiger partial charge < -0.3 is 9.84 Å². The zero-order valence-corrected chi connectivity index (χ0v) is 12.1. The molecule has 1 aromatic rings. The van der Waals surface area contributed by atoms with E-state index in [1.807, 2.05) is 20.8 Å². The summed E-state index contributed by atoms with van der Waals surface area (Å²) in [5, 5.41) is 7.88. The maximum atomic E-state index is 12.3. The molecule has 0 radical (unpaired) electrons. The lowest BCUT2D eigenvalue weighted by molar-refractivity contribution is -0.141. The van der Waals surface area contributed by atoms with Gasteiger partial charge in [0.1, 0.15) is 5.69 Å². The van der Waals surface area contributed by atoms with Crippen LogP contribution in [0.3, 0.4) is 0 Å². The molecule has 0 saturated carbocycles. The Bertz CT molecular complexity index is 379. The summed E-state index contributed by atoms with van der Waals surface area (Å²) >= 11 is 0. The first-order valence-corrected chi connectivity index (χ1v) is 6.73. The quantitative estimate of drug-likeness (QED) is 0.860. The highest BCUT2D eigenvalue weighted by Crippen LogP contribution is 2.29. The van der Waals surface area contributed by atoms with Crippen molar-refractivity contribution in [2.45, 2.75) is 46.4 Å². The largest absolute Gasteiger partial charge is 0.433 e. The van der Waals surface area contributed by atoms with Crippen molar-refractivity contribution in [3.63, 3.8) is 0 Å². The first kappa shape index (κ1) is 18.9. The molecule has 0 bridgehead atoms. The monoisotopic (exact) mass is 293 g/mol. The number of alkyl halides is 3. The molecule has 2 heterocycles. The van der Waals surface area contributed by atoms with Gasteiger partial charge in [0.15, 0.2) is 0 Å². The molecule has 3 nitrogen and oxygen atoms in total. The zero-order chi connectivity index (χ0) is 15.6. The van der Waals surface area contributed by atoms with E-state index in [9.17, 15) is 13.2 Å². The third kappa shape index (κ3) is 6.34. The van der Waals surface area contributed by atoms with E-state index >= 15 is 0 Å². The molecule has 20 heavy (non-hydrogen) atoms. The highest BCUT2D eigenvalue weighted by Gasteiger charge is 2.33. The van der Waals surface area contributed by atoms with Crippen LogP contribution < -0.4 is 0 Å². The van der Waals surface area contributed by atoms with Crippen LogP contribution in [0.25, 0.3) is 0 Å². The van der Waals surface area contributed by atoms with E-state index < -0.39 is 11.9 Å². The fourth-order valence-electron chi connectivity index (χ4n) is 1.39. The number of fused-ring (bicyclic) bond motifs is 1. The lowest BCUT2D eigenvalue weighted by Gasteiger charge is -2.16. The summed E-state index contributed by atoms with van der Waals surface area (Å²) in [7, 11) is 0. The second-order valence-electron chi connectivity index (χ2n) is 3.83. The van der Waals surface area contributed by atoms with E-state index in [4.69, 9.17) is 9.84 Å². The standard InChI is InChI=1S/C9H8F3NO.C3H8O.C2H6/c10-9(11,12)8-2-1-6-3-4-14-5-7(6)13-8;1-2-3-4;1-2/h1-2H,3-5H2;4H,2-3H2,1H3;1-2H3. The fraction of sp³-hybridized carbons (Fsp3) is 0.643. The summed E-state index contributed by atoms with van der Waals surface area (Å²) in [4.78, 5) is 3.53. The zero-order valence-electron chi connectivity index (χ0n) is 12.1. The van der Waals surface area contributed by atoms with Gasteiger partial charge in [-0.25, -0.2) is 4.98 Å². The van der Waals surface area contributed by atoms with Crippen LogP contribution in [0.2, 0.25) is 0 Å². The van der Waals surface area contributed by atoms with E-state index in [1.54, 1.807) is 0 Å². The molecule has 1 aliphatic rings. The Morgan fingerprint density at radius 3 is 2.40 bits per heavy atom. The Kier molecular flexibility index (Phi) is 9.16. The van der Waals surface area contributed by atoms with Gasteiger partial charge in [-0.05, 0) is 24.5 Å². The van der Waals surface area contributed by atoms with E-state index in [0.29, 0.717) is 25.3 Å². The summed E-state index contributed by atoms with van der Waals surface area (Å²) in [6, 6.07) is 2.50. The number of ether oxygens (including phenoxy) is 1. The van der Waals surface area contributed by atoms with Crippen LogP contribution in [0.1, 0.15) is 44.1 Å². The molecule has 0 aliphatic carbocycles. The molecule has 0 atom stereocenters. The Labute approximate surface area is 117 Å². The number of halogens is 3. The Morgan fingerprint density at radius 2 is 1.90 bits per heavy atom.